The van der Waals surface area contributed by atoms with E-state index in [0.29, 0.717) is 27.7 Å². The van der Waals surface area contributed by atoms with Gasteiger partial charge < -0.3 is 14.4 Å². The van der Waals surface area contributed by atoms with Gasteiger partial charge in [-0.2, -0.15) is 0 Å². The predicted molar refractivity (Wildman–Crippen MR) is 102 cm³/mol. The van der Waals surface area contributed by atoms with Crippen molar-refractivity contribution in [2.24, 2.45) is 5.92 Å². The normalized spacial score (nSPS) is 17.1. The van der Waals surface area contributed by atoms with E-state index in [1.165, 1.54) is 4.90 Å². The minimum atomic E-state index is -0.968. The second kappa shape index (κ2) is 6.39. The Morgan fingerprint density at radius 3 is 2.78 bits per heavy atom. The summed E-state index contributed by atoms with van der Waals surface area (Å²) in [5.41, 5.74) is 4.65. The number of carboxylic acid groups (broad SMARTS) is 1. The van der Waals surface area contributed by atoms with Gasteiger partial charge in [0, 0.05) is 18.7 Å². The molecule has 1 atom stereocenters. The van der Waals surface area contributed by atoms with E-state index in [9.17, 15) is 14.7 Å². The zero-order valence-corrected chi connectivity index (χ0v) is 15.6. The van der Waals surface area contributed by atoms with Crippen molar-refractivity contribution in [2.75, 3.05) is 11.4 Å². The molecule has 1 aliphatic heterocycles. The standard InChI is InChI=1S/C20H17ClN2O4/c1-10-5-11(2)18-16(6-10)22-19(27-18)14-8-13(3-4-15(14)21)23-9-12(20(25)26)7-17(23)24/h3-6,8,12H,7,9H2,1-2H3,(H,25,26). The summed E-state index contributed by atoms with van der Waals surface area (Å²) in [4.78, 5) is 29.5. The summed E-state index contributed by atoms with van der Waals surface area (Å²) in [6, 6.07) is 9.04. The van der Waals surface area contributed by atoms with Crippen LogP contribution in [0.3, 0.4) is 0 Å². The number of hydrogen-bond donors (Lipinski definition) is 1. The van der Waals surface area contributed by atoms with Crippen molar-refractivity contribution in [3.63, 3.8) is 0 Å². The van der Waals surface area contributed by atoms with Crippen LogP contribution in [-0.4, -0.2) is 28.5 Å². The number of nitrogens with zero attached hydrogens (tertiary/aromatic N) is 2. The van der Waals surface area contributed by atoms with Crippen molar-refractivity contribution in [2.45, 2.75) is 20.3 Å². The summed E-state index contributed by atoms with van der Waals surface area (Å²) in [6.45, 7) is 4.09. The number of amides is 1. The van der Waals surface area contributed by atoms with Crippen molar-refractivity contribution in [1.82, 2.24) is 4.98 Å². The number of oxazole rings is 1. The van der Waals surface area contributed by atoms with E-state index >= 15 is 0 Å². The Labute approximate surface area is 160 Å². The fourth-order valence-electron chi connectivity index (χ4n) is 3.46. The van der Waals surface area contributed by atoms with Gasteiger partial charge in [-0.25, -0.2) is 4.98 Å². The number of anilines is 1. The lowest BCUT2D eigenvalue weighted by Crippen LogP contribution is -2.25. The first-order chi connectivity index (χ1) is 12.8. The van der Waals surface area contributed by atoms with Gasteiger partial charge in [0.2, 0.25) is 11.8 Å². The van der Waals surface area contributed by atoms with Gasteiger partial charge in [-0.15, -0.1) is 0 Å². The molecular weight excluding hydrogens is 368 g/mol. The molecule has 1 amide bonds. The lowest BCUT2D eigenvalue weighted by atomic mass is 10.1. The van der Waals surface area contributed by atoms with Crippen LogP contribution in [0.1, 0.15) is 17.5 Å². The fraction of sp³-hybridized carbons (Fsp3) is 0.250. The molecule has 1 saturated heterocycles. The highest BCUT2D eigenvalue weighted by molar-refractivity contribution is 6.33. The van der Waals surface area contributed by atoms with E-state index in [-0.39, 0.29) is 18.9 Å². The molecule has 0 bridgehead atoms. The molecule has 1 aromatic heterocycles. The number of fused-ring (bicyclic) bond motifs is 1. The number of aryl methyl sites for hydroxylation is 2. The third-order valence-corrected chi connectivity index (χ3v) is 5.12. The number of halogens is 1. The van der Waals surface area contributed by atoms with E-state index in [4.69, 9.17) is 16.0 Å². The molecule has 138 valence electrons. The molecule has 2 heterocycles. The number of aliphatic carboxylic acids is 1. The summed E-state index contributed by atoms with van der Waals surface area (Å²) in [7, 11) is 0. The lowest BCUT2D eigenvalue weighted by molar-refractivity contribution is -0.141. The van der Waals surface area contributed by atoms with Crippen LogP contribution < -0.4 is 4.90 Å². The third-order valence-electron chi connectivity index (χ3n) is 4.79. The monoisotopic (exact) mass is 384 g/mol. The third kappa shape index (κ3) is 3.06. The summed E-state index contributed by atoms with van der Waals surface area (Å²) < 4.78 is 5.93. The van der Waals surface area contributed by atoms with Crippen molar-refractivity contribution >= 4 is 40.3 Å². The van der Waals surface area contributed by atoms with Crippen molar-refractivity contribution < 1.29 is 19.1 Å². The van der Waals surface area contributed by atoms with Crippen molar-refractivity contribution in [3.05, 3.63) is 46.5 Å². The van der Waals surface area contributed by atoms with Gasteiger partial charge in [0.15, 0.2) is 5.58 Å². The smallest absolute Gasteiger partial charge is 0.308 e. The second-order valence-corrected chi connectivity index (χ2v) is 7.26. The van der Waals surface area contributed by atoms with E-state index in [2.05, 4.69) is 4.98 Å². The second-order valence-electron chi connectivity index (χ2n) is 6.86. The Balaban J connectivity index is 1.77. The largest absolute Gasteiger partial charge is 0.481 e. The Hall–Kier alpha value is -2.86. The van der Waals surface area contributed by atoms with Crippen LogP contribution in [0.25, 0.3) is 22.6 Å². The average Bonchev–Trinajstić information content (AvgIpc) is 3.19. The Kier molecular flexibility index (Phi) is 4.15. The molecular formula is C20H17ClN2O4. The molecule has 4 rings (SSSR count). The molecule has 3 aromatic rings. The first-order valence-corrected chi connectivity index (χ1v) is 8.92. The number of hydrogen-bond acceptors (Lipinski definition) is 4. The van der Waals surface area contributed by atoms with Gasteiger partial charge in [-0.05, 0) is 49.2 Å². The number of rotatable bonds is 3. The van der Waals surface area contributed by atoms with Crippen LogP contribution in [0.5, 0.6) is 0 Å². The van der Waals surface area contributed by atoms with E-state index < -0.39 is 11.9 Å². The maximum atomic E-state index is 12.2. The molecule has 27 heavy (non-hydrogen) atoms. The average molecular weight is 385 g/mol. The van der Waals surface area contributed by atoms with Gasteiger partial charge in [0.05, 0.1) is 16.5 Å². The van der Waals surface area contributed by atoms with Crippen LogP contribution in [0, 0.1) is 19.8 Å². The van der Waals surface area contributed by atoms with Gasteiger partial charge >= 0.3 is 5.97 Å². The molecule has 0 saturated carbocycles. The van der Waals surface area contributed by atoms with Crippen LogP contribution in [0.2, 0.25) is 5.02 Å². The number of carboxylic acids is 1. The molecule has 6 nitrogen and oxygen atoms in total. The van der Waals surface area contributed by atoms with E-state index in [1.54, 1.807) is 18.2 Å². The zero-order valence-electron chi connectivity index (χ0n) is 14.8. The first kappa shape index (κ1) is 17.5. The Bertz CT molecular complexity index is 1090. The molecule has 1 aliphatic rings. The molecule has 7 heteroatoms. The SMILES string of the molecule is Cc1cc(C)c2oc(-c3cc(N4CC(C(=O)O)CC4=O)ccc3Cl)nc2c1. The molecule has 1 fully saturated rings. The number of carbonyl (C=O) groups excluding carboxylic acids is 1. The van der Waals surface area contributed by atoms with Crippen LogP contribution >= 0.6 is 11.6 Å². The van der Waals surface area contributed by atoms with E-state index in [0.717, 1.165) is 16.6 Å². The Morgan fingerprint density at radius 2 is 2.07 bits per heavy atom. The molecule has 0 spiro atoms. The first-order valence-electron chi connectivity index (χ1n) is 8.54. The molecule has 0 aliphatic carbocycles. The highest BCUT2D eigenvalue weighted by Crippen LogP contribution is 2.36. The van der Waals surface area contributed by atoms with Gasteiger partial charge in [0.25, 0.3) is 0 Å². The highest BCUT2D eigenvalue weighted by Gasteiger charge is 2.35. The molecule has 0 radical (unpaired) electrons. The number of benzene rings is 2. The molecule has 2 aromatic carbocycles. The van der Waals surface area contributed by atoms with Gasteiger partial charge in [-0.3, -0.25) is 9.59 Å². The summed E-state index contributed by atoms with van der Waals surface area (Å²) in [6.07, 6.45) is -0.00531. The Morgan fingerprint density at radius 1 is 1.30 bits per heavy atom. The lowest BCUT2D eigenvalue weighted by Gasteiger charge is -2.17. The summed E-state index contributed by atoms with van der Waals surface area (Å²) in [5, 5.41) is 9.62. The topological polar surface area (TPSA) is 83.6 Å². The summed E-state index contributed by atoms with van der Waals surface area (Å²) >= 11 is 6.35. The maximum Gasteiger partial charge on any atom is 0.308 e. The van der Waals surface area contributed by atoms with Crippen LogP contribution in [0.15, 0.2) is 34.7 Å². The zero-order chi connectivity index (χ0) is 19.3. The highest BCUT2D eigenvalue weighted by atomic mass is 35.5. The van der Waals surface area contributed by atoms with Crippen molar-refractivity contribution in [3.8, 4) is 11.5 Å². The van der Waals surface area contributed by atoms with Crippen molar-refractivity contribution in [1.29, 1.82) is 0 Å². The summed E-state index contributed by atoms with van der Waals surface area (Å²) in [5.74, 6) is -1.52. The number of carbonyl (C=O) groups is 2. The minimum absolute atomic E-state index is 0.00531. The maximum absolute atomic E-state index is 12.2. The van der Waals surface area contributed by atoms with Gasteiger partial charge in [0.1, 0.15) is 5.52 Å². The van der Waals surface area contributed by atoms with E-state index in [1.807, 2.05) is 26.0 Å². The predicted octanol–water partition coefficient (Wildman–Crippen LogP) is 4.20. The quantitative estimate of drug-likeness (QED) is 0.731. The molecule has 1 N–H and O–H groups in total. The minimum Gasteiger partial charge on any atom is -0.481 e. The van der Waals surface area contributed by atoms with Gasteiger partial charge in [-0.1, -0.05) is 17.7 Å². The fourth-order valence-corrected chi connectivity index (χ4v) is 3.66. The van der Waals surface area contributed by atoms with Crippen LogP contribution in [-0.2, 0) is 9.59 Å². The number of aromatic nitrogens is 1. The molecule has 1 unspecified atom stereocenters. The van der Waals surface area contributed by atoms with Crippen LogP contribution in [0.4, 0.5) is 5.69 Å².